The van der Waals surface area contributed by atoms with Crippen molar-refractivity contribution < 1.29 is 13.6 Å². The van der Waals surface area contributed by atoms with Gasteiger partial charge in [0.2, 0.25) is 5.91 Å². The first-order valence-corrected chi connectivity index (χ1v) is 7.09. The molecule has 0 radical (unpaired) electrons. The summed E-state index contributed by atoms with van der Waals surface area (Å²) in [7, 11) is 0. The summed E-state index contributed by atoms with van der Waals surface area (Å²) in [4.78, 5) is 12.2. The second-order valence-electron chi connectivity index (χ2n) is 6.59. The Morgan fingerprint density at radius 2 is 1.95 bits per heavy atom. The number of nitrogens with two attached hydrogens (primary N) is 1. The topological polar surface area (TPSA) is 55.1 Å². The zero-order valence-electron chi connectivity index (χ0n) is 13.0. The van der Waals surface area contributed by atoms with E-state index in [0.717, 1.165) is 6.07 Å². The molecule has 0 spiro atoms. The van der Waals surface area contributed by atoms with E-state index in [9.17, 15) is 13.6 Å². The molecular weight excluding hydrogens is 274 g/mol. The molecule has 0 aromatic heterocycles. The van der Waals surface area contributed by atoms with Crippen molar-refractivity contribution in [2.75, 3.05) is 6.54 Å². The molecule has 1 aromatic carbocycles. The van der Waals surface area contributed by atoms with Crippen LogP contribution in [0.1, 0.15) is 45.7 Å². The highest BCUT2D eigenvalue weighted by Gasteiger charge is 2.25. The van der Waals surface area contributed by atoms with Crippen molar-refractivity contribution in [3.05, 3.63) is 35.4 Å². The standard InChI is InChI=1S/C16H24F2N2O/c1-10(13-6-5-12(17)7-14(13)18)20-15(21)11(9-19)8-16(2,3)4/h5-7,10-11H,8-9,19H2,1-4H3,(H,20,21). The van der Waals surface area contributed by atoms with Crippen LogP contribution < -0.4 is 11.1 Å². The Balaban J connectivity index is 2.76. The summed E-state index contributed by atoms with van der Waals surface area (Å²) in [6, 6.07) is 2.80. The molecule has 1 aromatic rings. The van der Waals surface area contributed by atoms with Crippen molar-refractivity contribution in [1.29, 1.82) is 0 Å². The number of amides is 1. The third kappa shape index (κ3) is 5.42. The van der Waals surface area contributed by atoms with Crippen molar-refractivity contribution in [3.63, 3.8) is 0 Å². The molecule has 0 bridgehead atoms. The molecule has 0 aliphatic carbocycles. The molecule has 1 rings (SSSR count). The normalized spacial score (nSPS) is 14.6. The van der Waals surface area contributed by atoms with Gasteiger partial charge in [-0.3, -0.25) is 4.79 Å². The Hall–Kier alpha value is -1.49. The Bertz CT molecular complexity index is 498. The lowest BCUT2D eigenvalue weighted by molar-refractivity contribution is -0.126. The van der Waals surface area contributed by atoms with Gasteiger partial charge < -0.3 is 11.1 Å². The summed E-state index contributed by atoms with van der Waals surface area (Å²) < 4.78 is 26.6. The van der Waals surface area contributed by atoms with E-state index in [1.807, 2.05) is 20.8 Å². The highest BCUT2D eigenvalue weighted by molar-refractivity contribution is 5.79. The lowest BCUT2D eigenvalue weighted by Gasteiger charge is -2.26. The molecule has 0 fully saturated rings. The van der Waals surface area contributed by atoms with E-state index < -0.39 is 17.7 Å². The van der Waals surface area contributed by atoms with Crippen LogP contribution in [0.2, 0.25) is 0 Å². The second-order valence-corrected chi connectivity index (χ2v) is 6.59. The van der Waals surface area contributed by atoms with Gasteiger partial charge in [-0.2, -0.15) is 0 Å². The smallest absolute Gasteiger partial charge is 0.224 e. The summed E-state index contributed by atoms with van der Waals surface area (Å²) in [5.74, 6) is -1.83. The molecule has 2 atom stereocenters. The summed E-state index contributed by atoms with van der Waals surface area (Å²) in [5.41, 5.74) is 5.90. The van der Waals surface area contributed by atoms with Gasteiger partial charge in [-0.1, -0.05) is 26.8 Å². The fourth-order valence-electron chi connectivity index (χ4n) is 2.28. The lowest BCUT2D eigenvalue weighted by atomic mass is 9.84. The highest BCUT2D eigenvalue weighted by Crippen LogP contribution is 2.25. The third-order valence-electron chi connectivity index (χ3n) is 3.30. The van der Waals surface area contributed by atoms with Crippen LogP contribution in [-0.4, -0.2) is 12.5 Å². The number of benzene rings is 1. The van der Waals surface area contributed by atoms with E-state index in [4.69, 9.17) is 5.73 Å². The maximum absolute atomic E-state index is 13.7. The van der Waals surface area contributed by atoms with Crippen molar-refractivity contribution in [2.24, 2.45) is 17.1 Å². The predicted molar refractivity (Wildman–Crippen MR) is 79.5 cm³/mol. The minimum Gasteiger partial charge on any atom is -0.349 e. The molecule has 3 N–H and O–H groups in total. The SMILES string of the molecule is CC(NC(=O)C(CN)CC(C)(C)C)c1ccc(F)cc1F. The van der Waals surface area contributed by atoms with E-state index >= 15 is 0 Å². The van der Waals surface area contributed by atoms with Crippen LogP contribution in [0, 0.1) is 23.0 Å². The minimum absolute atomic E-state index is 0.0221. The number of halogens is 2. The van der Waals surface area contributed by atoms with Crippen LogP contribution in [0.3, 0.4) is 0 Å². The zero-order valence-corrected chi connectivity index (χ0v) is 13.0. The van der Waals surface area contributed by atoms with Crippen molar-refractivity contribution in [1.82, 2.24) is 5.32 Å². The van der Waals surface area contributed by atoms with Gasteiger partial charge in [0.1, 0.15) is 11.6 Å². The van der Waals surface area contributed by atoms with Gasteiger partial charge in [0.15, 0.2) is 0 Å². The summed E-state index contributed by atoms with van der Waals surface area (Å²) >= 11 is 0. The number of carbonyl (C=O) groups is 1. The molecule has 2 unspecified atom stereocenters. The van der Waals surface area contributed by atoms with Crippen LogP contribution >= 0.6 is 0 Å². The van der Waals surface area contributed by atoms with Crippen LogP contribution in [0.15, 0.2) is 18.2 Å². The van der Waals surface area contributed by atoms with Crippen LogP contribution in [0.5, 0.6) is 0 Å². The Morgan fingerprint density at radius 1 is 1.33 bits per heavy atom. The Labute approximate surface area is 124 Å². The van der Waals surface area contributed by atoms with E-state index in [1.165, 1.54) is 12.1 Å². The monoisotopic (exact) mass is 298 g/mol. The molecule has 0 aliphatic heterocycles. The van der Waals surface area contributed by atoms with Gasteiger partial charge in [0.25, 0.3) is 0 Å². The van der Waals surface area contributed by atoms with E-state index in [1.54, 1.807) is 6.92 Å². The number of nitrogens with one attached hydrogen (secondary N) is 1. The molecule has 0 saturated heterocycles. The predicted octanol–water partition coefficient (Wildman–Crippen LogP) is 3.15. The maximum Gasteiger partial charge on any atom is 0.224 e. The molecule has 0 saturated carbocycles. The zero-order chi connectivity index (χ0) is 16.2. The van der Waals surface area contributed by atoms with Gasteiger partial charge in [-0.05, 0) is 24.8 Å². The molecular formula is C16H24F2N2O. The number of hydrogen-bond acceptors (Lipinski definition) is 2. The van der Waals surface area contributed by atoms with Gasteiger partial charge in [-0.15, -0.1) is 0 Å². The number of rotatable bonds is 5. The molecule has 5 heteroatoms. The van der Waals surface area contributed by atoms with E-state index in [2.05, 4.69) is 5.32 Å². The Kier molecular flexibility index (Phi) is 5.84. The van der Waals surface area contributed by atoms with Crippen molar-refractivity contribution in [3.8, 4) is 0 Å². The molecule has 118 valence electrons. The van der Waals surface area contributed by atoms with Gasteiger partial charge >= 0.3 is 0 Å². The quantitative estimate of drug-likeness (QED) is 0.877. The maximum atomic E-state index is 13.7. The third-order valence-corrected chi connectivity index (χ3v) is 3.30. The molecule has 3 nitrogen and oxygen atoms in total. The van der Waals surface area contributed by atoms with Crippen LogP contribution in [0.4, 0.5) is 8.78 Å². The molecule has 1 amide bonds. The van der Waals surface area contributed by atoms with Gasteiger partial charge in [0.05, 0.1) is 12.0 Å². The van der Waals surface area contributed by atoms with E-state index in [-0.39, 0.29) is 29.3 Å². The average Bonchev–Trinajstić information content (AvgIpc) is 2.34. The lowest BCUT2D eigenvalue weighted by Crippen LogP contribution is -2.38. The first-order valence-electron chi connectivity index (χ1n) is 7.09. The summed E-state index contributed by atoms with van der Waals surface area (Å²) in [6.45, 7) is 8.00. The fourth-order valence-corrected chi connectivity index (χ4v) is 2.28. The molecule has 0 aliphatic rings. The van der Waals surface area contributed by atoms with Gasteiger partial charge in [0, 0.05) is 18.2 Å². The summed E-state index contributed by atoms with van der Waals surface area (Å²) in [5, 5.41) is 2.75. The average molecular weight is 298 g/mol. The highest BCUT2D eigenvalue weighted by atomic mass is 19.1. The molecule has 0 heterocycles. The summed E-state index contributed by atoms with van der Waals surface area (Å²) in [6.07, 6.45) is 0.647. The largest absolute Gasteiger partial charge is 0.349 e. The van der Waals surface area contributed by atoms with Crippen molar-refractivity contribution >= 4 is 5.91 Å². The fraction of sp³-hybridized carbons (Fsp3) is 0.562. The van der Waals surface area contributed by atoms with E-state index in [0.29, 0.717) is 6.42 Å². The first kappa shape index (κ1) is 17.6. The number of hydrogen-bond donors (Lipinski definition) is 2. The second kappa shape index (κ2) is 6.98. The van der Waals surface area contributed by atoms with Gasteiger partial charge in [-0.25, -0.2) is 8.78 Å². The molecule has 21 heavy (non-hydrogen) atoms. The van der Waals surface area contributed by atoms with Crippen molar-refractivity contribution in [2.45, 2.75) is 40.2 Å². The van der Waals surface area contributed by atoms with Crippen LogP contribution in [-0.2, 0) is 4.79 Å². The number of carbonyl (C=O) groups excluding carboxylic acids is 1. The Morgan fingerprint density at radius 3 is 2.43 bits per heavy atom. The first-order chi connectivity index (χ1) is 9.64. The van der Waals surface area contributed by atoms with Crippen LogP contribution in [0.25, 0.3) is 0 Å². The minimum atomic E-state index is -0.664.